The molecule has 1 aromatic rings. The SMILES string of the molecule is CCC(NC(CO)C(=O)O)C(=O)c1ccc(OC)c(N)c1. The molecule has 21 heavy (non-hydrogen) atoms. The number of carbonyl (C=O) groups is 2. The Balaban J connectivity index is 2.93. The summed E-state index contributed by atoms with van der Waals surface area (Å²) in [5.74, 6) is -1.03. The van der Waals surface area contributed by atoms with Crippen LogP contribution in [0.25, 0.3) is 0 Å². The van der Waals surface area contributed by atoms with Gasteiger partial charge >= 0.3 is 5.97 Å². The van der Waals surface area contributed by atoms with Crippen LogP contribution >= 0.6 is 0 Å². The van der Waals surface area contributed by atoms with Crippen molar-refractivity contribution in [2.24, 2.45) is 0 Å². The fraction of sp³-hybridized carbons (Fsp3) is 0.429. The summed E-state index contributed by atoms with van der Waals surface area (Å²) in [5.41, 5.74) is 6.44. The topological polar surface area (TPSA) is 122 Å². The Labute approximate surface area is 122 Å². The maximum absolute atomic E-state index is 12.4. The molecular formula is C14H20N2O5. The molecule has 7 heteroatoms. The third-order valence-electron chi connectivity index (χ3n) is 3.12. The van der Waals surface area contributed by atoms with Crippen LogP contribution in [0.4, 0.5) is 5.69 Å². The number of hydrogen-bond donors (Lipinski definition) is 4. The predicted molar refractivity (Wildman–Crippen MR) is 77.5 cm³/mol. The second-order valence-corrected chi connectivity index (χ2v) is 4.52. The van der Waals surface area contributed by atoms with Crippen molar-refractivity contribution in [1.82, 2.24) is 5.32 Å². The molecule has 5 N–H and O–H groups in total. The largest absolute Gasteiger partial charge is 0.495 e. The normalized spacial score (nSPS) is 13.5. The summed E-state index contributed by atoms with van der Waals surface area (Å²) in [6, 6.07) is 2.73. The summed E-state index contributed by atoms with van der Waals surface area (Å²) < 4.78 is 5.02. The van der Waals surface area contributed by atoms with E-state index in [2.05, 4.69) is 5.32 Å². The number of nitrogens with two attached hydrogens (primary N) is 1. The Morgan fingerprint density at radius 1 is 1.38 bits per heavy atom. The summed E-state index contributed by atoms with van der Waals surface area (Å²) >= 11 is 0. The minimum absolute atomic E-state index is 0.286. The van der Waals surface area contributed by atoms with Crippen LogP contribution in [-0.4, -0.2) is 47.8 Å². The molecule has 0 heterocycles. The van der Waals surface area contributed by atoms with Crippen LogP contribution in [0.5, 0.6) is 5.75 Å². The number of aliphatic hydroxyl groups excluding tert-OH is 1. The molecule has 1 aromatic carbocycles. The van der Waals surface area contributed by atoms with Gasteiger partial charge < -0.3 is 20.7 Å². The Morgan fingerprint density at radius 2 is 2.05 bits per heavy atom. The van der Waals surface area contributed by atoms with Crippen LogP contribution in [0.2, 0.25) is 0 Å². The Kier molecular flexibility index (Phi) is 6.13. The molecule has 0 radical (unpaired) electrons. The van der Waals surface area contributed by atoms with E-state index >= 15 is 0 Å². The molecule has 1 rings (SSSR count). The molecule has 0 aliphatic heterocycles. The number of anilines is 1. The predicted octanol–water partition coefficient (Wildman–Crippen LogP) is 0.274. The molecule has 0 saturated heterocycles. The minimum Gasteiger partial charge on any atom is -0.495 e. The fourth-order valence-corrected chi connectivity index (χ4v) is 1.91. The van der Waals surface area contributed by atoms with Gasteiger partial charge in [-0.1, -0.05) is 6.92 Å². The highest BCUT2D eigenvalue weighted by molar-refractivity contribution is 6.01. The van der Waals surface area contributed by atoms with Gasteiger partial charge in [0.15, 0.2) is 5.78 Å². The molecule has 0 aliphatic rings. The van der Waals surface area contributed by atoms with Gasteiger partial charge in [0.2, 0.25) is 0 Å². The van der Waals surface area contributed by atoms with Gasteiger partial charge in [-0.15, -0.1) is 0 Å². The molecule has 0 aliphatic carbocycles. The molecule has 2 unspecified atom stereocenters. The zero-order valence-electron chi connectivity index (χ0n) is 12.0. The summed E-state index contributed by atoms with van der Waals surface area (Å²) in [5, 5.41) is 20.6. The van der Waals surface area contributed by atoms with Crippen molar-refractivity contribution in [3.63, 3.8) is 0 Å². The van der Waals surface area contributed by atoms with Crippen molar-refractivity contribution in [2.75, 3.05) is 19.5 Å². The second kappa shape index (κ2) is 7.61. The van der Waals surface area contributed by atoms with Crippen LogP contribution in [0.3, 0.4) is 0 Å². The second-order valence-electron chi connectivity index (χ2n) is 4.52. The van der Waals surface area contributed by atoms with Gasteiger partial charge in [0.25, 0.3) is 0 Å². The van der Waals surface area contributed by atoms with Gasteiger partial charge in [-0.05, 0) is 24.6 Å². The number of methoxy groups -OCH3 is 1. The minimum atomic E-state index is -1.21. The zero-order valence-corrected chi connectivity index (χ0v) is 12.0. The van der Waals surface area contributed by atoms with E-state index in [0.717, 1.165) is 0 Å². The van der Waals surface area contributed by atoms with Gasteiger partial charge in [-0.2, -0.15) is 0 Å². The van der Waals surface area contributed by atoms with Gasteiger partial charge in [0.05, 0.1) is 25.4 Å². The Hall–Kier alpha value is -2.12. The number of aliphatic carboxylic acids is 1. The van der Waals surface area contributed by atoms with Crippen LogP contribution in [-0.2, 0) is 4.79 Å². The molecule has 0 amide bonds. The molecule has 116 valence electrons. The average molecular weight is 296 g/mol. The third kappa shape index (κ3) is 4.17. The lowest BCUT2D eigenvalue weighted by molar-refractivity contribution is -0.140. The maximum Gasteiger partial charge on any atom is 0.323 e. The van der Waals surface area contributed by atoms with Crippen molar-refractivity contribution in [3.8, 4) is 5.75 Å². The van der Waals surface area contributed by atoms with Gasteiger partial charge in [-0.3, -0.25) is 14.9 Å². The lowest BCUT2D eigenvalue weighted by atomic mass is 10.0. The van der Waals surface area contributed by atoms with Crippen molar-refractivity contribution in [1.29, 1.82) is 0 Å². The highest BCUT2D eigenvalue weighted by atomic mass is 16.5. The first-order valence-electron chi connectivity index (χ1n) is 6.52. The van der Waals surface area contributed by atoms with E-state index in [-0.39, 0.29) is 5.78 Å². The number of rotatable bonds is 8. The summed E-state index contributed by atoms with van der Waals surface area (Å²) in [7, 11) is 1.47. The number of hydrogen-bond acceptors (Lipinski definition) is 6. The van der Waals surface area contributed by atoms with Crippen LogP contribution < -0.4 is 15.8 Å². The first-order valence-corrected chi connectivity index (χ1v) is 6.52. The standard InChI is InChI=1S/C14H20N2O5/c1-3-10(16-11(7-17)14(19)20)13(18)8-4-5-12(21-2)9(15)6-8/h4-6,10-11,16-17H,3,7,15H2,1-2H3,(H,19,20). The number of nitrogen functional groups attached to an aromatic ring is 1. The number of ketones is 1. The first kappa shape index (κ1) is 16.9. The number of ether oxygens (including phenoxy) is 1. The number of carboxylic acid groups (broad SMARTS) is 1. The lowest BCUT2D eigenvalue weighted by Gasteiger charge is -2.20. The van der Waals surface area contributed by atoms with E-state index in [1.54, 1.807) is 19.1 Å². The molecule has 7 nitrogen and oxygen atoms in total. The number of benzene rings is 1. The maximum atomic E-state index is 12.4. The van der Waals surface area contributed by atoms with Gasteiger partial charge in [0, 0.05) is 5.56 Å². The fourth-order valence-electron chi connectivity index (χ4n) is 1.91. The van der Waals surface area contributed by atoms with Crippen LogP contribution in [0.1, 0.15) is 23.7 Å². The number of aliphatic hydroxyl groups is 1. The molecule has 0 bridgehead atoms. The van der Waals surface area contributed by atoms with E-state index in [0.29, 0.717) is 23.4 Å². The quantitative estimate of drug-likeness (QED) is 0.401. The number of nitrogens with one attached hydrogen (secondary N) is 1. The van der Waals surface area contributed by atoms with E-state index in [1.165, 1.54) is 13.2 Å². The average Bonchev–Trinajstić information content (AvgIpc) is 2.47. The Morgan fingerprint density at radius 3 is 2.48 bits per heavy atom. The third-order valence-corrected chi connectivity index (χ3v) is 3.12. The van der Waals surface area contributed by atoms with Gasteiger partial charge in [0.1, 0.15) is 11.8 Å². The highest BCUT2D eigenvalue weighted by Crippen LogP contribution is 2.22. The lowest BCUT2D eigenvalue weighted by Crippen LogP contribution is -2.48. The van der Waals surface area contributed by atoms with Crippen molar-refractivity contribution in [3.05, 3.63) is 23.8 Å². The first-order chi connectivity index (χ1) is 9.94. The molecule has 0 spiro atoms. The van der Waals surface area contributed by atoms with E-state index in [4.69, 9.17) is 20.7 Å². The zero-order chi connectivity index (χ0) is 16.0. The number of Topliss-reactive ketones (excluding diaryl/α,β-unsaturated/α-hetero) is 1. The molecule has 0 fully saturated rings. The van der Waals surface area contributed by atoms with E-state index < -0.39 is 24.7 Å². The van der Waals surface area contributed by atoms with Crippen LogP contribution in [0, 0.1) is 0 Å². The smallest absolute Gasteiger partial charge is 0.323 e. The number of carboxylic acids is 1. The molecule has 0 saturated carbocycles. The van der Waals surface area contributed by atoms with Crippen molar-refractivity contribution >= 4 is 17.4 Å². The monoisotopic (exact) mass is 296 g/mol. The van der Waals surface area contributed by atoms with Crippen molar-refractivity contribution < 1.29 is 24.5 Å². The summed E-state index contributed by atoms with van der Waals surface area (Å²) in [6.45, 7) is 1.16. The van der Waals surface area contributed by atoms with E-state index in [9.17, 15) is 9.59 Å². The molecule has 2 atom stereocenters. The van der Waals surface area contributed by atoms with E-state index in [1.807, 2.05) is 0 Å². The molecule has 0 aromatic heterocycles. The highest BCUT2D eigenvalue weighted by Gasteiger charge is 2.25. The number of carbonyl (C=O) groups excluding carboxylic acids is 1. The summed E-state index contributed by atoms with van der Waals surface area (Å²) in [6.07, 6.45) is 0.383. The summed E-state index contributed by atoms with van der Waals surface area (Å²) in [4.78, 5) is 23.3. The van der Waals surface area contributed by atoms with Gasteiger partial charge in [-0.25, -0.2) is 0 Å². The van der Waals surface area contributed by atoms with Crippen molar-refractivity contribution in [2.45, 2.75) is 25.4 Å². The molecular weight excluding hydrogens is 276 g/mol. The Bertz CT molecular complexity index is 518. The van der Waals surface area contributed by atoms with Crippen LogP contribution in [0.15, 0.2) is 18.2 Å².